The van der Waals surface area contributed by atoms with Crippen LogP contribution in [-0.4, -0.2) is 42.6 Å². The van der Waals surface area contributed by atoms with Gasteiger partial charge in [-0.15, -0.1) is 11.3 Å². The molecule has 0 fully saturated rings. The van der Waals surface area contributed by atoms with Crippen LogP contribution in [0.2, 0.25) is 0 Å². The Morgan fingerprint density at radius 3 is 2.27 bits per heavy atom. The van der Waals surface area contributed by atoms with Gasteiger partial charge in [0.15, 0.2) is 21.6 Å². The first kappa shape index (κ1) is 26.9. The molecule has 184 valence electrons. The number of sulfonamides is 1. The van der Waals surface area contributed by atoms with Crippen molar-refractivity contribution in [2.24, 2.45) is 27.4 Å². The van der Waals surface area contributed by atoms with Gasteiger partial charge < -0.3 is 21.0 Å². The van der Waals surface area contributed by atoms with Crippen molar-refractivity contribution in [2.75, 3.05) is 13.1 Å². The first-order valence-corrected chi connectivity index (χ1v) is 13.2. The number of furan rings is 1. The lowest BCUT2D eigenvalue weighted by atomic mass is 10.00. The highest BCUT2D eigenvalue weighted by Gasteiger charge is 2.30. The SMILES string of the molecule is CCN(CC)S(=O)(=O)c1sc(C)c(N=C(N)C(N)=N[C@@H](c2cc(C(C)C)co2)C(C)C)c1O. The van der Waals surface area contributed by atoms with E-state index in [0.29, 0.717) is 16.6 Å². The molecule has 33 heavy (non-hydrogen) atoms. The number of rotatable bonds is 9. The van der Waals surface area contributed by atoms with Crippen molar-refractivity contribution < 1.29 is 17.9 Å². The molecule has 0 radical (unpaired) electrons. The van der Waals surface area contributed by atoms with Crippen LogP contribution in [0.1, 0.15) is 69.7 Å². The fourth-order valence-corrected chi connectivity index (χ4v) is 6.33. The Morgan fingerprint density at radius 2 is 1.79 bits per heavy atom. The molecule has 9 nitrogen and oxygen atoms in total. The van der Waals surface area contributed by atoms with Crippen molar-refractivity contribution in [1.29, 1.82) is 0 Å². The van der Waals surface area contributed by atoms with Crippen LogP contribution in [0, 0.1) is 12.8 Å². The number of hydrogen-bond acceptors (Lipinski definition) is 7. The number of aliphatic imine (C=N–C) groups is 2. The number of hydrogen-bond donors (Lipinski definition) is 3. The molecular weight excluding hydrogens is 462 g/mol. The molecule has 1 atom stereocenters. The quantitative estimate of drug-likeness (QED) is 0.348. The Hall–Kier alpha value is -2.37. The summed E-state index contributed by atoms with van der Waals surface area (Å²) in [6.45, 7) is 13.9. The predicted octanol–water partition coefficient (Wildman–Crippen LogP) is 4.25. The first-order chi connectivity index (χ1) is 15.3. The highest BCUT2D eigenvalue weighted by Crippen LogP contribution is 2.44. The van der Waals surface area contributed by atoms with Crippen LogP contribution in [0.5, 0.6) is 5.75 Å². The molecule has 0 aromatic carbocycles. The zero-order valence-electron chi connectivity index (χ0n) is 20.3. The number of nitrogens with two attached hydrogens (primary N) is 2. The topological polar surface area (TPSA) is 148 Å². The zero-order valence-corrected chi connectivity index (χ0v) is 21.9. The van der Waals surface area contributed by atoms with Crippen molar-refractivity contribution in [3.63, 3.8) is 0 Å². The fraction of sp³-hybridized carbons (Fsp3) is 0.545. The number of aryl methyl sites for hydroxylation is 1. The molecule has 2 rings (SSSR count). The maximum absolute atomic E-state index is 12.9. The highest BCUT2D eigenvalue weighted by atomic mass is 32.2. The van der Waals surface area contributed by atoms with Crippen molar-refractivity contribution >= 4 is 38.7 Å². The Balaban J connectivity index is 2.44. The monoisotopic (exact) mass is 497 g/mol. The lowest BCUT2D eigenvalue weighted by Gasteiger charge is -2.17. The summed E-state index contributed by atoms with van der Waals surface area (Å²) in [6, 6.07) is 1.58. The van der Waals surface area contributed by atoms with Crippen LogP contribution in [0.3, 0.4) is 0 Å². The van der Waals surface area contributed by atoms with E-state index in [1.807, 2.05) is 19.9 Å². The Bertz CT molecular complexity index is 1130. The summed E-state index contributed by atoms with van der Waals surface area (Å²) in [5.74, 6) is 0.493. The van der Waals surface area contributed by atoms with Crippen molar-refractivity contribution in [2.45, 2.75) is 64.6 Å². The van der Waals surface area contributed by atoms with E-state index in [9.17, 15) is 13.5 Å². The second-order valence-electron chi connectivity index (χ2n) is 8.37. The number of aromatic hydroxyl groups is 1. The number of amidine groups is 2. The number of thiophene rings is 1. The first-order valence-electron chi connectivity index (χ1n) is 10.9. The Morgan fingerprint density at radius 1 is 1.18 bits per heavy atom. The van der Waals surface area contributed by atoms with Crippen molar-refractivity contribution in [1.82, 2.24) is 4.31 Å². The normalized spacial score (nSPS) is 14.6. The molecule has 0 unspecified atom stereocenters. The fourth-order valence-electron chi connectivity index (χ4n) is 3.25. The molecular formula is C22H35N5O4S2. The highest BCUT2D eigenvalue weighted by molar-refractivity contribution is 7.91. The standard InChI is InChI=1S/C22H35N5O4S2/c1-8-27(9-2)33(29,30)22-19(28)18(14(7)32-22)26-21(24)20(23)25-17(13(5)6)16-10-15(11-31-16)12(3)4/h10-13,17,28H,8-9H2,1-7H3,(H2,23,25)(H2,24,26)/t17-/m1/s1. The smallest absolute Gasteiger partial charge is 0.256 e. The van der Waals surface area contributed by atoms with Gasteiger partial charge in [0.1, 0.15) is 17.5 Å². The molecule has 2 aromatic rings. The molecule has 0 saturated heterocycles. The van der Waals surface area contributed by atoms with Gasteiger partial charge in [-0.2, -0.15) is 4.31 Å². The Labute approximate surface area is 200 Å². The molecule has 11 heteroatoms. The van der Waals surface area contributed by atoms with E-state index in [1.54, 1.807) is 27.0 Å². The van der Waals surface area contributed by atoms with E-state index in [-0.39, 0.29) is 46.6 Å². The largest absolute Gasteiger partial charge is 0.504 e. The summed E-state index contributed by atoms with van der Waals surface area (Å²) in [5.41, 5.74) is 13.4. The maximum atomic E-state index is 12.9. The third-order valence-electron chi connectivity index (χ3n) is 5.28. The second kappa shape index (κ2) is 10.7. The molecule has 2 aromatic heterocycles. The lowest BCUT2D eigenvalue weighted by molar-refractivity contribution is 0.404. The summed E-state index contributed by atoms with van der Waals surface area (Å²) in [4.78, 5) is 9.25. The van der Waals surface area contributed by atoms with Gasteiger partial charge in [0, 0.05) is 18.0 Å². The molecule has 2 heterocycles. The minimum absolute atomic E-state index is 0.0191. The van der Waals surface area contributed by atoms with Gasteiger partial charge in [-0.25, -0.2) is 13.4 Å². The summed E-state index contributed by atoms with van der Waals surface area (Å²) < 4.78 is 32.6. The molecule has 0 aliphatic carbocycles. The number of nitrogens with zero attached hydrogens (tertiary/aromatic N) is 3. The summed E-state index contributed by atoms with van der Waals surface area (Å²) >= 11 is 0.944. The molecule has 0 amide bonds. The van der Waals surface area contributed by atoms with Crippen molar-refractivity contribution in [3.8, 4) is 5.75 Å². The molecule has 0 bridgehead atoms. The van der Waals surface area contributed by atoms with E-state index in [0.717, 1.165) is 16.9 Å². The molecule has 0 aliphatic rings. The minimum Gasteiger partial charge on any atom is -0.504 e. The van der Waals surface area contributed by atoms with Gasteiger partial charge >= 0.3 is 0 Å². The van der Waals surface area contributed by atoms with E-state index in [1.165, 1.54) is 4.31 Å². The summed E-state index contributed by atoms with van der Waals surface area (Å²) in [6.07, 6.45) is 1.71. The van der Waals surface area contributed by atoms with Gasteiger partial charge in [0.25, 0.3) is 10.0 Å². The zero-order chi connectivity index (χ0) is 25.1. The van der Waals surface area contributed by atoms with Gasteiger partial charge in [-0.3, -0.25) is 4.99 Å². The average Bonchev–Trinajstić information content (AvgIpc) is 3.33. The van der Waals surface area contributed by atoms with Gasteiger partial charge in [-0.1, -0.05) is 41.5 Å². The van der Waals surface area contributed by atoms with Crippen LogP contribution in [0.15, 0.2) is 30.9 Å². The van der Waals surface area contributed by atoms with Crippen LogP contribution < -0.4 is 11.5 Å². The summed E-state index contributed by atoms with van der Waals surface area (Å²) in [7, 11) is -3.84. The summed E-state index contributed by atoms with van der Waals surface area (Å²) in [5, 5.41) is 10.7. The molecule has 5 N–H and O–H groups in total. The van der Waals surface area contributed by atoms with E-state index < -0.39 is 15.8 Å². The van der Waals surface area contributed by atoms with Crippen LogP contribution >= 0.6 is 11.3 Å². The van der Waals surface area contributed by atoms with E-state index in [2.05, 4.69) is 23.8 Å². The molecule has 0 aliphatic heterocycles. The second-order valence-corrected chi connectivity index (χ2v) is 11.7. The minimum atomic E-state index is -3.84. The third-order valence-corrected chi connectivity index (χ3v) is 8.90. The van der Waals surface area contributed by atoms with Crippen molar-refractivity contribution in [3.05, 3.63) is 28.5 Å². The van der Waals surface area contributed by atoms with Crippen LogP contribution in [0.4, 0.5) is 5.69 Å². The van der Waals surface area contributed by atoms with Gasteiger partial charge in [-0.05, 0) is 30.4 Å². The van der Waals surface area contributed by atoms with E-state index in [4.69, 9.17) is 15.9 Å². The predicted molar refractivity (Wildman–Crippen MR) is 134 cm³/mol. The lowest BCUT2D eigenvalue weighted by Crippen LogP contribution is -2.32. The average molecular weight is 498 g/mol. The van der Waals surface area contributed by atoms with Gasteiger partial charge in [0.2, 0.25) is 0 Å². The van der Waals surface area contributed by atoms with Gasteiger partial charge in [0.05, 0.1) is 6.26 Å². The Kier molecular flexibility index (Phi) is 8.72. The third kappa shape index (κ3) is 5.77. The molecule has 0 spiro atoms. The molecule has 0 saturated carbocycles. The van der Waals surface area contributed by atoms with E-state index >= 15 is 0 Å². The van der Waals surface area contributed by atoms with Crippen LogP contribution in [0.25, 0.3) is 0 Å². The maximum Gasteiger partial charge on any atom is 0.256 e. The van der Waals surface area contributed by atoms with Crippen LogP contribution in [-0.2, 0) is 10.0 Å².